The fourth-order valence-electron chi connectivity index (χ4n) is 2.54. The van der Waals surface area contributed by atoms with Crippen LogP contribution in [0, 0.1) is 18.3 Å². The molecule has 116 valence electrons. The number of rotatable bonds is 3. The zero-order valence-corrected chi connectivity index (χ0v) is 12.9. The van der Waals surface area contributed by atoms with Gasteiger partial charge >= 0.3 is 0 Å². The van der Waals surface area contributed by atoms with Gasteiger partial charge < -0.3 is 16.0 Å². The van der Waals surface area contributed by atoms with Crippen LogP contribution < -0.4 is 11.1 Å². The van der Waals surface area contributed by atoms with Gasteiger partial charge in [0.05, 0.1) is 0 Å². The Balaban J connectivity index is 1.88. The van der Waals surface area contributed by atoms with E-state index in [4.69, 9.17) is 12.2 Å². The molecule has 3 N–H and O–H groups in total. The van der Waals surface area contributed by atoms with Crippen LogP contribution in [0.1, 0.15) is 25.3 Å². The average molecular weight is 298 g/mol. The molecule has 0 aromatic heterocycles. The van der Waals surface area contributed by atoms with Crippen LogP contribution in [0.5, 0.6) is 0 Å². The Morgan fingerprint density at radius 2 is 2.41 bits per heavy atom. The molecule has 1 saturated heterocycles. The Bertz CT molecular complexity index is 603. The molecule has 1 unspecified atom stereocenters. The second kappa shape index (κ2) is 7.51. The Labute approximate surface area is 131 Å². The van der Waals surface area contributed by atoms with Gasteiger partial charge in [0.2, 0.25) is 5.91 Å². The quantitative estimate of drug-likeness (QED) is 0.506. The molecule has 0 spiro atoms. The maximum atomic E-state index is 11.9. The number of aliphatic imine (C=N–C) groups is 1. The molecule has 1 aliphatic rings. The number of amides is 1. The first-order valence-corrected chi connectivity index (χ1v) is 7.50. The van der Waals surface area contributed by atoms with Crippen molar-refractivity contribution < 1.29 is 4.79 Å². The number of terminal acetylenes is 1. The molecular formula is C17H22N4O. The van der Waals surface area contributed by atoms with Gasteiger partial charge in [0.25, 0.3) is 0 Å². The lowest BCUT2D eigenvalue weighted by atomic mass is 10.0. The predicted molar refractivity (Wildman–Crippen MR) is 89.5 cm³/mol. The van der Waals surface area contributed by atoms with Crippen LogP contribution in [-0.2, 0) is 4.79 Å². The summed E-state index contributed by atoms with van der Waals surface area (Å²) in [6.45, 7) is 4.02. The lowest BCUT2D eigenvalue weighted by Crippen LogP contribution is -2.43. The second-order valence-corrected chi connectivity index (χ2v) is 5.64. The zero-order valence-electron chi connectivity index (χ0n) is 12.9. The van der Waals surface area contributed by atoms with Gasteiger partial charge in [-0.15, -0.1) is 6.42 Å². The van der Waals surface area contributed by atoms with E-state index in [-0.39, 0.29) is 12.5 Å². The maximum absolute atomic E-state index is 11.9. The van der Waals surface area contributed by atoms with E-state index in [0.717, 1.165) is 25.1 Å². The number of anilines is 1. The highest BCUT2D eigenvalue weighted by Crippen LogP contribution is 2.15. The van der Waals surface area contributed by atoms with Crippen LogP contribution in [0.15, 0.2) is 29.3 Å². The minimum absolute atomic E-state index is 0.0109. The second-order valence-electron chi connectivity index (χ2n) is 5.64. The number of nitrogens with zero attached hydrogens (tertiary/aromatic N) is 2. The van der Waals surface area contributed by atoms with Crippen molar-refractivity contribution in [3.63, 3.8) is 0 Å². The Hall–Kier alpha value is -2.48. The first kappa shape index (κ1) is 15.9. The van der Waals surface area contributed by atoms with E-state index in [0.29, 0.717) is 17.6 Å². The summed E-state index contributed by atoms with van der Waals surface area (Å²) in [6.07, 6.45) is 7.67. The van der Waals surface area contributed by atoms with Gasteiger partial charge in [-0.3, -0.25) is 4.79 Å². The van der Waals surface area contributed by atoms with Crippen molar-refractivity contribution in [2.45, 2.75) is 19.8 Å². The normalized spacial score (nSPS) is 18.6. The number of likely N-dealkylation sites (tertiary alicyclic amines) is 1. The first-order valence-electron chi connectivity index (χ1n) is 7.50. The van der Waals surface area contributed by atoms with E-state index in [1.54, 1.807) is 18.2 Å². The number of piperidine rings is 1. The third-order valence-electron chi connectivity index (χ3n) is 3.68. The highest BCUT2D eigenvalue weighted by Gasteiger charge is 2.17. The third kappa shape index (κ3) is 4.52. The molecule has 0 radical (unpaired) electrons. The average Bonchev–Trinajstić information content (AvgIpc) is 2.52. The molecule has 0 aliphatic carbocycles. The number of nitrogens with two attached hydrogens (primary N) is 1. The van der Waals surface area contributed by atoms with Crippen LogP contribution in [0.2, 0.25) is 0 Å². The number of nitrogens with one attached hydrogen (secondary N) is 1. The fraction of sp³-hybridized carbons (Fsp3) is 0.412. The van der Waals surface area contributed by atoms with Crippen LogP contribution in [-0.4, -0.2) is 36.4 Å². The van der Waals surface area contributed by atoms with Gasteiger partial charge in [0.1, 0.15) is 6.54 Å². The summed E-state index contributed by atoms with van der Waals surface area (Å²) in [5.74, 6) is 3.38. The number of hydrogen-bond donors (Lipinski definition) is 2. The monoisotopic (exact) mass is 298 g/mol. The molecule has 1 heterocycles. The van der Waals surface area contributed by atoms with Crippen LogP contribution in [0.25, 0.3) is 0 Å². The molecule has 1 fully saturated rings. The van der Waals surface area contributed by atoms with Crippen molar-refractivity contribution in [3.8, 4) is 12.3 Å². The van der Waals surface area contributed by atoms with E-state index in [1.165, 1.54) is 6.42 Å². The van der Waals surface area contributed by atoms with Crippen LogP contribution in [0.3, 0.4) is 0 Å². The summed E-state index contributed by atoms with van der Waals surface area (Å²) in [7, 11) is 0. The first-order chi connectivity index (χ1) is 10.6. The maximum Gasteiger partial charge on any atom is 0.246 e. The smallest absolute Gasteiger partial charge is 0.246 e. The number of benzene rings is 1. The molecule has 0 saturated carbocycles. The largest absolute Gasteiger partial charge is 0.370 e. The van der Waals surface area contributed by atoms with E-state index in [9.17, 15) is 4.79 Å². The summed E-state index contributed by atoms with van der Waals surface area (Å²) in [5, 5.41) is 2.77. The van der Waals surface area contributed by atoms with E-state index in [2.05, 4.69) is 23.2 Å². The Morgan fingerprint density at radius 1 is 1.59 bits per heavy atom. The van der Waals surface area contributed by atoms with Crippen LogP contribution >= 0.6 is 0 Å². The van der Waals surface area contributed by atoms with Crippen molar-refractivity contribution in [1.82, 2.24) is 4.90 Å². The SMILES string of the molecule is C#Cc1cccc(NC(=O)CN=C(N)N2CCCC(C)C2)c1. The molecule has 1 amide bonds. The Kier molecular flexibility index (Phi) is 5.42. The lowest BCUT2D eigenvalue weighted by Gasteiger charge is -2.31. The van der Waals surface area contributed by atoms with Crippen LogP contribution in [0.4, 0.5) is 5.69 Å². The van der Waals surface area contributed by atoms with Gasteiger partial charge in [-0.05, 0) is 37.0 Å². The number of guanidine groups is 1. The van der Waals surface area contributed by atoms with Gasteiger partial charge in [0.15, 0.2) is 5.96 Å². The van der Waals surface area contributed by atoms with Crippen molar-refractivity contribution in [2.75, 3.05) is 25.0 Å². The zero-order chi connectivity index (χ0) is 15.9. The molecule has 22 heavy (non-hydrogen) atoms. The summed E-state index contributed by atoms with van der Waals surface area (Å²) < 4.78 is 0. The molecule has 1 atom stereocenters. The molecule has 5 heteroatoms. The molecular weight excluding hydrogens is 276 g/mol. The van der Waals surface area contributed by atoms with E-state index in [1.807, 2.05) is 11.0 Å². The minimum atomic E-state index is -0.206. The van der Waals surface area contributed by atoms with E-state index >= 15 is 0 Å². The topological polar surface area (TPSA) is 70.7 Å². The third-order valence-corrected chi connectivity index (χ3v) is 3.68. The minimum Gasteiger partial charge on any atom is -0.370 e. The van der Waals surface area contributed by atoms with Gasteiger partial charge in [-0.2, -0.15) is 0 Å². The number of carbonyl (C=O) groups excluding carboxylic acids is 1. The molecule has 2 rings (SSSR count). The highest BCUT2D eigenvalue weighted by molar-refractivity contribution is 5.94. The van der Waals surface area contributed by atoms with Gasteiger partial charge in [-0.1, -0.05) is 18.9 Å². The number of carbonyl (C=O) groups is 1. The van der Waals surface area contributed by atoms with Crippen molar-refractivity contribution >= 4 is 17.6 Å². The standard InChI is InChI=1S/C17H22N4O/c1-3-14-7-4-8-15(10-14)20-16(22)11-19-17(18)21-9-5-6-13(2)12-21/h1,4,7-8,10,13H,5-6,9,11-12H2,2H3,(H2,18,19)(H,20,22). The van der Waals surface area contributed by atoms with Gasteiger partial charge in [-0.25, -0.2) is 4.99 Å². The van der Waals surface area contributed by atoms with Crippen molar-refractivity contribution in [2.24, 2.45) is 16.6 Å². The predicted octanol–water partition coefficient (Wildman–Crippen LogP) is 1.65. The lowest BCUT2D eigenvalue weighted by molar-refractivity contribution is -0.114. The summed E-state index contributed by atoms with van der Waals surface area (Å²) in [6, 6.07) is 7.15. The van der Waals surface area contributed by atoms with E-state index < -0.39 is 0 Å². The summed E-state index contributed by atoms with van der Waals surface area (Å²) >= 11 is 0. The summed E-state index contributed by atoms with van der Waals surface area (Å²) in [4.78, 5) is 18.2. The van der Waals surface area contributed by atoms with Crippen molar-refractivity contribution in [1.29, 1.82) is 0 Å². The molecule has 5 nitrogen and oxygen atoms in total. The molecule has 1 aromatic carbocycles. The highest BCUT2D eigenvalue weighted by atomic mass is 16.1. The fourth-order valence-corrected chi connectivity index (χ4v) is 2.54. The molecule has 1 aromatic rings. The number of hydrogen-bond acceptors (Lipinski definition) is 2. The molecule has 0 bridgehead atoms. The van der Waals surface area contributed by atoms with Crippen molar-refractivity contribution in [3.05, 3.63) is 29.8 Å². The van der Waals surface area contributed by atoms with Gasteiger partial charge in [0, 0.05) is 24.3 Å². The summed E-state index contributed by atoms with van der Waals surface area (Å²) in [5.41, 5.74) is 7.36. The Morgan fingerprint density at radius 3 is 3.14 bits per heavy atom. The molecule has 1 aliphatic heterocycles.